The highest BCUT2D eigenvalue weighted by Crippen LogP contribution is 2.25. The first-order chi connectivity index (χ1) is 12.0. The van der Waals surface area contributed by atoms with Crippen molar-refractivity contribution < 1.29 is 14.3 Å². The minimum absolute atomic E-state index is 0. The number of carbonyl (C=O) groups excluding carboxylic acids is 2. The normalized spacial score (nSPS) is 15.5. The van der Waals surface area contributed by atoms with Crippen LogP contribution in [-0.4, -0.2) is 50.5 Å². The highest BCUT2D eigenvalue weighted by Gasteiger charge is 2.22. The van der Waals surface area contributed by atoms with Gasteiger partial charge in [-0.15, -0.1) is 12.4 Å². The van der Waals surface area contributed by atoms with Crippen molar-refractivity contribution >= 4 is 29.9 Å². The van der Waals surface area contributed by atoms with E-state index in [-0.39, 0.29) is 30.8 Å². The van der Waals surface area contributed by atoms with Crippen LogP contribution in [0.3, 0.4) is 0 Å². The molecule has 2 rings (SSSR count). The molecule has 1 atom stereocenters. The van der Waals surface area contributed by atoms with Crippen molar-refractivity contribution in [2.24, 2.45) is 11.8 Å². The first-order valence-electron chi connectivity index (χ1n) is 8.89. The molecule has 1 aliphatic heterocycles. The molecule has 2 amide bonds. The summed E-state index contributed by atoms with van der Waals surface area (Å²) in [5, 5.41) is 6.29. The lowest BCUT2D eigenvalue weighted by molar-refractivity contribution is -0.130. The third kappa shape index (κ3) is 7.22. The van der Waals surface area contributed by atoms with Crippen molar-refractivity contribution in [3.8, 4) is 5.75 Å². The number of nitrogens with zero attached hydrogens (tertiary/aromatic N) is 1. The lowest BCUT2D eigenvalue weighted by Gasteiger charge is -2.27. The average Bonchev–Trinajstić information content (AvgIpc) is 2.60. The van der Waals surface area contributed by atoms with Gasteiger partial charge in [0.1, 0.15) is 5.75 Å². The fourth-order valence-corrected chi connectivity index (χ4v) is 3.02. The molecule has 146 valence electrons. The fourth-order valence-electron chi connectivity index (χ4n) is 3.02. The summed E-state index contributed by atoms with van der Waals surface area (Å²) in [5.41, 5.74) is 0.692. The molecule has 2 N–H and O–H groups in total. The molecule has 1 aromatic carbocycles. The number of amides is 2. The van der Waals surface area contributed by atoms with Crippen molar-refractivity contribution in [2.75, 3.05) is 39.1 Å². The minimum atomic E-state index is -0.106. The molecule has 0 aliphatic carbocycles. The molecule has 26 heavy (non-hydrogen) atoms. The van der Waals surface area contributed by atoms with Gasteiger partial charge >= 0.3 is 0 Å². The Morgan fingerprint density at radius 1 is 1.31 bits per heavy atom. The quantitative estimate of drug-likeness (QED) is 0.759. The number of piperidine rings is 1. The number of hydrogen-bond acceptors (Lipinski definition) is 4. The summed E-state index contributed by atoms with van der Waals surface area (Å²) in [6, 6.07) is 7.15. The van der Waals surface area contributed by atoms with Gasteiger partial charge in [-0.3, -0.25) is 9.59 Å². The zero-order valence-corrected chi connectivity index (χ0v) is 16.6. The topological polar surface area (TPSA) is 70.7 Å². The van der Waals surface area contributed by atoms with Gasteiger partial charge < -0.3 is 20.3 Å². The van der Waals surface area contributed by atoms with Crippen LogP contribution in [0, 0.1) is 11.8 Å². The van der Waals surface area contributed by atoms with E-state index in [4.69, 9.17) is 4.74 Å². The Morgan fingerprint density at radius 3 is 2.65 bits per heavy atom. The van der Waals surface area contributed by atoms with Crippen LogP contribution in [0.5, 0.6) is 5.75 Å². The van der Waals surface area contributed by atoms with Gasteiger partial charge in [0.05, 0.1) is 0 Å². The van der Waals surface area contributed by atoms with Crippen LogP contribution in [0.25, 0.3) is 0 Å². The van der Waals surface area contributed by atoms with Gasteiger partial charge in [0.15, 0.2) is 6.61 Å². The van der Waals surface area contributed by atoms with Crippen molar-refractivity contribution in [1.82, 2.24) is 10.2 Å². The zero-order valence-electron chi connectivity index (χ0n) is 15.8. The number of likely N-dealkylation sites (N-methyl/N-ethyl adjacent to an activating group) is 1. The van der Waals surface area contributed by atoms with E-state index in [1.54, 1.807) is 32.3 Å². The highest BCUT2D eigenvalue weighted by molar-refractivity contribution is 5.91. The Hall–Kier alpha value is -1.79. The molecule has 1 heterocycles. The third-order valence-electron chi connectivity index (χ3n) is 4.67. The fraction of sp³-hybridized carbons (Fsp3) is 0.579. The predicted molar refractivity (Wildman–Crippen MR) is 106 cm³/mol. The first kappa shape index (κ1) is 22.3. The number of carbonyl (C=O) groups is 2. The summed E-state index contributed by atoms with van der Waals surface area (Å²) in [6.45, 7) is 4.22. The Labute approximate surface area is 162 Å². The van der Waals surface area contributed by atoms with E-state index < -0.39 is 0 Å². The lowest BCUT2D eigenvalue weighted by atomic mass is 9.84. The van der Waals surface area contributed by atoms with Crippen LogP contribution < -0.4 is 15.4 Å². The van der Waals surface area contributed by atoms with E-state index in [1.165, 1.54) is 4.90 Å². The van der Waals surface area contributed by atoms with Gasteiger partial charge in [0, 0.05) is 32.3 Å². The molecule has 1 unspecified atom stereocenters. The summed E-state index contributed by atoms with van der Waals surface area (Å²) in [4.78, 5) is 25.4. The molecule has 6 nitrogen and oxygen atoms in total. The molecule has 7 heteroatoms. The maximum Gasteiger partial charge on any atom is 0.259 e. The molecule has 1 aliphatic rings. The number of benzene rings is 1. The molecule has 0 bridgehead atoms. The summed E-state index contributed by atoms with van der Waals surface area (Å²) >= 11 is 0. The van der Waals surface area contributed by atoms with E-state index in [9.17, 15) is 9.59 Å². The molecule has 1 aromatic rings. The molecule has 0 aromatic heterocycles. The maximum absolute atomic E-state index is 12.3. The van der Waals surface area contributed by atoms with E-state index >= 15 is 0 Å². The second-order valence-electron chi connectivity index (χ2n) is 6.92. The van der Waals surface area contributed by atoms with Gasteiger partial charge in [-0.25, -0.2) is 0 Å². The number of ether oxygens (including phenoxy) is 1. The summed E-state index contributed by atoms with van der Waals surface area (Å²) < 4.78 is 5.48. The predicted octanol–water partition coefficient (Wildman–Crippen LogP) is 2.54. The minimum Gasteiger partial charge on any atom is -0.484 e. The molecular weight excluding hydrogens is 354 g/mol. The lowest BCUT2D eigenvalue weighted by Crippen LogP contribution is -2.32. The molecule has 1 saturated heterocycles. The average molecular weight is 384 g/mol. The van der Waals surface area contributed by atoms with Crippen LogP contribution >= 0.6 is 12.4 Å². The molecule has 0 spiro atoms. The summed E-state index contributed by atoms with van der Waals surface area (Å²) in [6.07, 6.45) is 2.80. The Bertz CT molecular complexity index is 589. The van der Waals surface area contributed by atoms with Crippen molar-refractivity contribution in [1.29, 1.82) is 0 Å². The van der Waals surface area contributed by atoms with Gasteiger partial charge in [-0.2, -0.15) is 0 Å². The molecule has 0 radical (unpaired) electrons. The smallest absolute Gasteiger partial charge is 0.259 e. The van der Waals surface area contributed by atoms with E-state index in [0.717, 1.165) is 25.9 Å². The number of anilines is 1. The second kappa shape index (κ2) is 11.0. The molecular formula is C19H30ClN3O3. The van der Waals surface area contributed by atoms with E-state index in [2.05, 4.69) is 17.6 Å². The molecule has 0 saturated carbocycles. The molecule has 1 fully saturated rings. The standard InChI is InChI=1S/C19H29N3O3.ClH/c1-14(15-7-9-20-10-8-15)11-18(23)21-16-5-4-6-17(12-16)25-13-19(24)22(2)3;/h4-6,12,14-15,20H,7-11,13H2,1-3H3,(H,21,23);1H. The van der Waals surface area contributed by atoms with Gasteiger partial charge in [0.25, 0.3) is 5.91 Å². The van der Waals surface area contributed by atoms with Crippen LogP contribution in [0.2, 0.25) is 0 Å². The van der Waals surface area contributed by atoms with Crippen LogP contribution in [0.1, 0.15) is 26.2 Å². The van der Waals surface area contributed by atoms with Gasteiger partial charge in [-0.05, 0) is 49.9 Å². The summed E-state index contributed by atoms with van der Waals surface area (Å²) in [5.74, 6) is 1.47. The largest absolute Gasteiger partial charge is 0.484 e. The number of nitrogens with one attached hydrogen (secondary N) is 2. The Kier molecular flexibility index (Phi) is 9.44. The van der Waals surface area contributed by atoms with Crippen molar-refractivity contribution in [3.05, 3.63) is 24.3 Å². The van der Waals surface area contributed by atoms with Crippen molar-refractivity contribution in [3.63, 3.8) is 0 Å². The monoisotopic (exact) mass is 383 g/mol. The van der Waals surface area contributed by atoms with Gasteiger partial charge in [-0.1, -0.05) is 13.0 Å². The number of halogens is 1. The highest BCUT2D eigenvalue weighted by atomic mass is 35.5. The first-order valence-corrected chi connectivity index (χ1v) is 8.89. The van der Waals surface area contributed by atoms with Gasteiger partial charge in [0.2, 0.25) is 5.91 Å². The SMILES string of the molecule is CC(CC(=O)Nc1cccc(OCC(=O)N(C)C)c1)C1CCNCC1.Cl. The Morgan fingerprint density at radius 2 is 2.00 bits per heavy atom. The Balaban J connectivity index is 0.00000338. The zero-order chi connectivity index (χ0) is 18.2. The third-order valence-corrected chi connectivity index (χ3v) is 4.67. The van der Waals surface area contributed by atoms with Crippen molar-refractivity contribution in [2.45, 2.75) is 26.2 Å². The number of rotatable bonds is 7. The van der Waals surface area contributed by atoms with Crippen LogP contribution in [-0.2, 0) is 9.59 Å². The van der Waals surface area contributed by atoms with Crippen LogP contribution in [0.15, 0.2) is 24.3 Å². The summed E-state index contributed by atoms with van der Waals surface area (Å²) in [7, 11) is 3.37. The second-order valence-corrected chi connectivity index (χ2v) is 6.92. The van der Waals surface area contributed by atoms with E-state index in [0.29, 0.717) is 29.7 Å². The van der Waals surface area contributed by atoms with Crippen LogP contribution in [0.4, 0.5) is 5.69 Å². The maximum atomic E-state index is 12.3. The van der Waals surface area contributed by atoms with E-state index in [1.807, 2.05) is 6.07 Å². The number of hydrogen-bond donors (Lipinski definition) is 2.